The molecule has 0 aliphatic heterocycles. The van der Waals surface area contributed by atoms with Gasteiger partial charge in [-0.25, -0.2) is 4.39 Å². The second-order valence-electron chi connectivity index (χ2n) is 5.65. The Labute approximate surface area is 129 Å². The predicted octanol–water partition coefficient (Wildman–Crippen LogP) is 2.76. The summed E-state index contributed by atoms with van der Waals surface area (Å²) in [7, 11) is 0. The van der Waals surface area contributed by atoms with Crippen LogP contribution in [0.5, 0.6) is 0 Å². The molecule has 1 unspecified atom stereocenters. The van der Waals surface area contributed by atoms with Crippen LogP contribution in [0.1, 0.15) is 31.7 Å². The van der Waals surface area contributed by atoms with E-state index in [2.05, 4.69) is 17.2 Å². The van der Waals surface area contributed by atoms with Crippen molar-refractivity contribution in [2.45, 2.75) is 32.6 Å². The molecule has 1 atom stereocenters. The Bertz CT molecular complexity index is 618. The SMILES string of the molecule is CCCC(CCO)CNC(=O)Cc1c[nH]c2ccc(F)cc12. The van der Waals surface area contributed by atoms with E-state index in [1.807, 2.05) is 0 Å². The number of halogens is 1. The van der Waals surface area contributed by atoms with Gasteiger partial charge in [-0.3, -0.25) is 4.79 Å². The van der Waals surface area contributed by atoms with E-state index in [1.54, 1.807) is 12.3 Å². The van der Waals surface area contributed by atoms with Gasteiger partial charge in [-0.15, -0.1) is 0 Å². The lowest BCUT2D eigenvalue weighted by Crippen LogP contribution is -2.30. The van der Waals surface area contributed by atoms with Gasteiger partial charge < -0.3 is 15.4 Å². The first-order valence-electron chi connectivity index (χ1n) is 7.77. The van der Waals surface area contributed by atoms with Gasteiger partial charge >= 0.3 is 0 Å². The lowest BCUT2D eigenvalue weighted by Gasteiger charge is -2.15. The van der Waals surface area contributed by atoms with Crippen molar-refractivity contribution < 1.29 is 14.3 Å². The highest BCUT2D eigenvalue weighted by Crippen LogP contribution is 2.20. The number of hydrogen-bond donors (Lipinski definition) is 3. The fraction of sp³-hybridized carbons (Fsp3) is 0.471. The molecule has 2 aromatic rings. The summed E-state index contributed by atoms with van der Waals surface area (Å²) in [6.07, 6.45) is 4.69. The summed E-state index contributed by atoms with van der Waals surface area (Å²) < 4.78 is 13.3. The van der Waals surface area contributed by atoms with E-state index >= 15 is 0 Å². The van der Waals surface area contributed by atoms with Crippen LogP contribution in [-0.2, 0) is 11.2 Å². The highest BCUT2D eigenvalue weighted by Gasteiger charge is 2.12. The Kier molecular flexibility index (Phi) is 5.95. The van der Waals surface area contributed by atoms with Gasteiger partial charge in [0.05, 0.1) is 6.42 Å². The van der Waals surface area contributed by atoms with Crippen molar-refractivity contribution in [1.82, 2.24) is 10.3 Å². The summed E-state index contributed by atoms with van der Waals surface area (Å²) in [6.45, 7) is 2.80. The molecule has 0 radical (unpaired) electrons. The molecule has 0 saturated heterocycles. The van der Waals surface area contributed by atoms with Crippen LogP contribution in [0.25, 0.3) is 10.9 Å². The van der Waals surface area contributed by atoms with Crippen LogP contribution in [0.15, 0.2) is 24.4 Å². The molecule has 120 valence electrons. The minimum absolute atomic E-state index is 0.0794. The smallest absolute Gasteiger partial charge is 0.224 e. The van der Waals surface area contributed by atoms with Crippen molar-refractivity contribution in [3.05, 3.63) is 35.8 Å². The van der Waals surface area contributed by atoms with Gasteiger partial charge in [-0.1, -0.05) is 13.3 Å². The van der Waals surface area contributed by atoms with Gasteiger partial charge in [-0.05, 0) is 42.5 Å². The van der Waals surface area contributed by atoms with E-state index in [-0.39, 0.29) is 24.8 Å². The Morgan fingerprint density at radius 2 is 2.23 bits per heavy atom. The van der Waals surface area contributed by atoms with E-state index in [4.69, 9.17) is 5.11 Å². The predicted molar refractivity (Wildman–Crippen MR) is 85.1 cm³/mol. The molecule has 0 saturated carbocycles. The van der Waals surface area contributed by atoms with Gasteiger partial charge in [0.25, 0.3) is 0 Å². The van der Waals surface area contributed by atoms with Crippen molar-refractivity contribution in [3.63, 3.8) is 0 Å². The summed E-state index contributed by atoms with van der Waals surface area (Å²) in [5.74, 6) is -0.0803. The van der Waals surface area contributed by atoms with Crippen molar-refractivity contribution in [2.75, 3.05) is 13.2 Å². The maximum atomic E-state index is 13.3. The largest absolute Gasteiger partial charge is 0.396 e. The number of amides is 1. The zero-order valence-electron chi connectivity index (χ0n) is 12.9. The van der Waals surface area contributed by atoms with E-state index in [0.717, 1.165) is 29.3 Å². The summed E-state index contributed by atoms with van der Waals surface area (Å²) >= 11 is 0. The number of carbonyl (C=O) groups excluding carboxylic acids is 1. The third kappa shape index (κ3) is 4.31. The molecular weight excluding hydrogens is 283 g/mol. The fourth-order valence-electron chi connectivity index (χ4n) is 2.73. The normalized spacial score (nSPS) is 12.5. The quantitative estimate of drug-likeness (QED) is 0.702. The first-order valence-corrected chi connectivity index (χ1v) is 7.77. The number of aliphatic hydroxyl groups is 1. The molecule has 0 spiro atoms. The Morgan fingerprint density at radius 3 is 2.95 bits per heavy atom. The summed E-state index contributed by atoms with van der Waals surface area (Å²) in [6, 6.07) is 4.51. The number of carbonyl (C=O) groups is 1. The number of hydrogen-bond acceptors (Lipinski definition) is 2. The van der Waals surface area contributed by atoms with Crippen molar-refractivity contribution >= 4 is 16.8 Å². The Balaban J connectivity index is 1.94. The van der Waals surface area contributed by atoms with Crippen LogP contribution >= 0.6 is 0 Å². The maximum absolute atomic E-state index is 13.3. The first-order chi connectivity index (χ1) is 10.6. The molecule has 2 rings (SSSR count). The summed E-state index contributed by atoms with van der Waals surface area (Å²) in [5, 5.41) is 12.7. The van der Waals surface area contributed by atoms with Crippen molar-refractivity contribution in [3.8, 4) is 0 Å². The minimum atomic E-state index is -0.306. The van der Waals surface area contributed by atoms with Gasteiger partial charge in [-0.2, -0.15) is 0 Å². The standard InChI is InChI=1S/C17H23FN2O2/c1-2-3-12(6-7-21)10-20-17(22)8-13-11-19-16-5-4-14(18)9-15(13)16/h4-5,9,11-12,19,21H,2-3,6-8,10H2,1H3,(H,20,22). The van der Waals surface area contributed by atoms with E-state index in [0.29, 0.717) is 18.9 Å². The molecule has 0 fully saturated rings. The number of aliphatic hydroxyl groups excluding tert-OH is 1. The molecule has 3 N–H and O–H groups in total. The van der Waals surface area contributed by atoms with Crippen LogP contribution in [0.4, 0.5) is 4.39 Å². The van der Waals surface area contributed by atoms with Crippen LogP contribution in [0.3, 0.4) is 0 Å². The zero-order chi connectivity index (χ0) is 15.9. The number of benzene rings is 1. The first kappa shape index (κ1) is 16.5. The maximum Gasteiger partial charge on any atom is 0.224 e. The number of fused-ring (bicyclic) bond motifs is 1. The van der Waals surface area contributed by atoms with Gasteiger partial charge in [0.2, 0.25) is 5.91 Å². The summed E-state index contributed by atoms with van der Waals surface area (Å²) in [4.78, 5) is 15.1. The van der Waals surface area contributed by atoms with Crippen LogP contribution in [-0.4, -0.2) is 29.1 Å². The van der Waals surface area contributed by atoms with Crippen molar-refractivity contribution in [2.24, 2.45) is 5.92 Å². The third-order valence-corrected chi connectivity index (χ3v) is 3.90. The zero-order valence-corrected chi connectivity index (χ0v) is 12.9. The fourth-order valence-corrected chi connectivity index (χ4v) is 2.73. The van der Waals surface area contributed by atoms with Gasteiger partial charge in [0.15, 0.2) is 0 Å². The van der Waals surface area contributed by atoms with Crippen LogP contribution < -0.4 is 5.32 Å². The lowest BCUT2D eigenvalue weighted by atomic mass is 10.00. The van der Waals surface area contributed by atoms with Crippen LogP contribution in [0, 0.1) is 11.7 Å². The van der Waals surface area contributed by atoms with Gasteiger partial charge in [0, 0.05) is 30.3 Å². The monoisotopic (exact) mass is 306 g/mol. The number of nitrogens with one attached hydrogen (secondary N) is 2. The second kappa shape index (κ2) is 7.94. The lowest BCUT2D eigenvalue weighted by molar-refractivity contribution is -0.120. The molecule has 1 amide bonds. The molecule has 5 heteroatoms. The highest BCUT2D eigenvalue weighted by atomic mass is 19.1. The van der Waals surface area contributed by atoms with E-state index in [9.17, 15) is 9.18 Å². The van der Waals surface area contributed by atoms with E-state index < -0.39 is 0 Å². The van der Waals surface area contributed by atoms with Crippen LogP contribution in [0.2, 0.25) is 0 Å². The number of aromatic nitrogens is 1. The molecule has 4 nitrogen and oxygen atoms in total. The average Bonchev–Trinajstić information content (AvgIpc) is 2.87. The Hall–Kier alpha value is -1.88. The molecule has 22 heavy (non-hydrogen) atoms. The number of rotatable bonds is 8. The Morgan fingerprint density at radius 1 is 1.41 bits per heavy atom. The molecule has 0 aliphatic rings. The van der Waals surface area contributed by atoms with Crippen molar-refractivity contribution in [1.29, 1.82) is 0 Å². The number of aromatic amines is 1. The van der Waals surface area contributed by atoms with E-state index in [1.165, 1.54) is 12.1 Å². The van der Waals surface area contributed by atoms with Gasteiger partial charge in [0.1, 0.15) is 5.82 Å². The topological polar surface area (TPSA) is 65.1 Å². The molecule has 1 aromatic heterocycles. The molecule has 1 heterocycles. The summed E-state index contributed by atoms with van der Waals surface area (Å²) in [5.41, 5.74) is 1.62. The molecular formula is C17H23FN2O2. The minimum Gasteiger partial charge on any atom is -0.396 e. The second-order valence-corrected chi connectivity index (χ2v) is 5.65. The average molecular weight is 306 g/mol. The molecule has 1 aromatic carbocycles. The molecule has 0 bridgehead atoms. The third-order valence-electron chi connectivity index (χ3n) is 3.90. The molecule has 0 aliphatic carbocycles. The highest BCUT2D eigenvalue weighted by molar-refractivity contribution is 5.88. The number of H-pyrrole nitrogens is 1.